The first-order valence-electron chi connectivity index (χ1n) is 11.0. The minimum atomic E-state index is -1.96. The summed E-state index contributed by atoms with van der Waals surface area (Å²) in [5.41, 5.74) is 4.88. The van der Waals surface area contributed by atoms with Crippen LogP contribution in [0.5, 0.6) is 0 Å². The van der Waals surface area contributed by atoms with Gasteiger partial charge < -0.3 is 21.5 Å². The molecule has 1 unspecified atom stereocenters. The molecular formula is C25H31FN4O4. The van der Waals surface area contributed by atoms with Gasteiger partial charge in [0.25, 0.3) is 11.8 Å². The zero-order chi connectivity index (χ0) is 25.5. The Kier molecular flexibility index (Phi) is 9.05. The van der Waals surface area contributed by atoms with E-state index < -0.39 is 23.4 Å². The first-order chi connectivity index (χ1) is 16.3. The average molecular weight is 471 g/mol. The second-order valence-electron chi connectivity index (χ2n) is 7.39. The molecule has 2 aromatic carbocycles. The van der Waals surface area contributed by atoms with Crippen LogP contribution in [0.3, 0.4) is 0 Å². The monoisotopic (exact) mass is 470 g/mol. The number of allylic oxidation sites excluding steroid dienone is 1. The van der Waals surface area contributed by atoms with Gasteiger partial charge in [0.1, 0.15) is 5.82 Å². The fourth-order valence-electron chi connectivity index (χ4n) is 3.83. The fraction of sp³-hybridized carbons (Fsp3) is 0.320. The topological polar surface area (TPSA) is 125 Å². The van der Waals surface area contributed by atoms with E-state index in [0.29, 0.717) is 40.8 Å². The van der Waals surface area contributed by atoms with Crippen LogP contribution >= 0.6 is 0 Å². The molecule has 8 nitrogen and oxygen atoms in total. The van der Waals surface area contributed by atoms with Crippen LogP contribution in [0.15, 0.2) is 48.7 Å². The summed E-state index contributed by atoms with van der Waals surface area (Å²) in [4.78, 5) is 37.4. The summed E-state index contributed by atoms with van der Waals surface area (Å²) < 4.78 is 14.3. The Hall–Kier alpha value is -3.56. The van der Waals surface area contributed by atoms with E-state index in [-0.39, 0.29) is 25.1 Å². The number of rotatable bonds is 5. The Labute approximate surface area is 198 Å². The summed E-state index contributed by atoms with van der Waals surface area (Å²) >= 11 is 0. The first kappa shape index (κ1) is 26.7. The molecule has 0 spiro atoms. The molecular weight excluding hydrogens is 439 g/mol. The lowest BCUT2D eigenvalue weighted by Gasteiger charge is -2.38. The van der Waals surface area contributed by atoms with Crippen LogP contribution in [0.1, 0.15) is 58.5 Å². The van der Waals surface area contributed by atoms with E-state index in [0.717, 1.165) is 4.90 Å². The van der Waals surface area contributed by atoms with Crippen LogP contribution in [-0.2, 0) is 17.9 Å². The van der Waals surface area contributed by atoms with E-state index in [2.05, 4.69) is 22.9 Å². The summed E-state index contributed by atoms with van der Waals surface area (Å²) in [5, 5.41) is 16.5. The molecule has 1 atom stereocenters. The number of amides is 2. The Balaban J connectivity index is 0.000000970. The number of nitrogens with one attached hydrogen (secondary N) is 2. The Morgan fingerprint density at radius 1 is 1.24 bits per heavy atom. The second-order valence-corrected chi connectivity index (χ2v) is 7.39. The van der Waals surface area contributed by atoms with E-state index in [1.54, 1.807) is 30.3 Å². The number of benzene rings is 2. The smallest absolute Gasteiger partial charge is 0.277 e. The molecule has 4 rings (SSSR count). The number of carbonyl (C=O) groups is 3. The molecule has 0 aromatic heterocycles. The Morgan fingerprint density at radius 2 is 1.91 bits per heavy atom. The van der Waals surface area contributed by atoms with Crippen molar-refractivity contribution in [2.45, 2.75) is 45.5 Å². The number of carbonyl (C=O) groups excluding carboxylic acids is 3. The van der Waals surface area contributed by atoms with E-state index in [4.69, 9.17) is 0 Å². The molecule has 182 valence electrons. The predicted molar refractivity (Wildman–Crippen MR) is 128 cm³/mol. The summed E-state index contributed by atoms with van der Waals surface area (Å²) in [6.07, 6.45) is 0.879. The predicted octanol–water partition coefficient (Wildman–Crippen LogP) is 2.92. The number of hydrogen-bond donors (Lipinski definition) is 4. The number of nitrogens with two attached hydrogens (primary N) is 1. The largest absolute Gasteiger partial charge is 0.381 e. The Bertz CT molecular complexity index is 1090. The number of nitrogens with zero attached hydrogens (tertiary/aromatic N) is 1. The van der Waals surface area contributed by atoms with Crippen LogP contribution < -0.4 is 16.4 Å². The van der Waals surface area contributed by atoms with Crippen molar-refractivity contribution in [3.05, 3.63) is 76.7 Å². The van der Waals surface area contributed by atoms with Crippen LogP contribution in [0.4, 0.5) is 10.1 Å². The van der Waals surface area contributed by atoms with Gasteiger partial charge in [-0.1, -0.05) is 38.6 Å². The fourth-order valence-corrected chi connectivity index (χ4v) is 3.83. The minimum Gasteiger partial charge on any atom is -0.381 e. The van der Waals surface area contributed by atoms with Crippen LogP contribution in [0, 0.1) is 5.82 Å². The lowest BCUT2D eigenvalue weighted by atomic mass is 9.98. The molecule has 1 fully saturated rings. The molecule has 2 amide bonds. The van der Waals surface area contributed by atoms with E-state index >= 15 is 0 Å². The van der Waals surface area contributed by atoms with Gasteiger partial charge in [-0.2, -0.15) is 0 Å². The SMILES string of the molecule is C=C1CCC(O)(N2Cc3c(NCc4cccc(C=O)c4F)cccc3C2=O)C(=O)N1.CC.CN. The molecule has 9 heteroatoms. The molecule has 0 saturated carbocycles. The number of hydrogen-bond acceptors (Lipinski definition) is 6. The molecule has 2 heterocycles. The average Bonchev–Trinajstić information content (AvgIpc) is 3.21. The van der Waals surface area contributed by atoms with Crippen molar-refractivity contribution >= 4 is 23.8 Å². The van der Waals surface area contributed by atoms with E-state index in [9.17, 15) is 23.9 Å². The molecule has 2 aliphatic rings. The van der Waals surface area contributed by atoms with Crippen molar-refractivity contribution in [1.82, 2.24) is 10.2 Å². The van der Waals surface area contributed by atoms with Crippen LogP contribution in [0.25, 0.3) is 0 Å². The van der Waals surface area contributed by atoms with Gasteiger partial charge in [0.05, 0.1) is 12.1 Å². The number of halogens is 1. The maximum Gasteiger partial charge on any atom is 0.277 e. The van der Waals surface area contributed by atoms with Crippen molar-refractivity contribution in [1.29, 1.82) is 0 Å². The number of aliphatic hydroxyl groups is 1. The molecule has 5 N–H and O–H groups in total. The number of aldehydes is 1. The highest BCUT2D eigenvalue weighted by molar-refractivity contribution is 6.03. The summed E-state index contributed by atoms with van der Waals surface area (Å²) in [5.74, 6) is -1.73. The molecule has 0 radical (unpaired) electrons. The van der Waals surface area contributed by atoms with Gasteiger partial charge in [0, 0.05) is 41.0 Å². The van der Waals surface area contributed by atoms with Crippen molar-refractivity contribution in [2.75, 3.05) is 12.4 Å². The molecule has 0 bridgehead atoms. The highest BCUT2D eigenvalue weighted by Crippen LogP contribution is 2.36. The number of piperidine rings is 1. The van der Waals surface area contributed by atoms with Gasteiger partial charge in [-0.05, 0) is 31.7 Å². The summed E-state index contributed by atoms with van der Waals surface area (Å²) in [7, 11) is 1.50. The molecule has 1 saturated heterocycles. The summed E-state index contributed by atoms with van der Waals surface area (Å²) in [6, 6.07) is 9.59. The zero-order valence-corrected chi connectivity index (χ0v) is 19.7. The van der Waals surface area contributed by atoms with Crippen molar-refractivity contribution in [3.63, 3.8) is 0 Å². The van der Waals surface area contributed by atoms with Gasteiger partial charge in [-0.3, -0.25) is 19.3 Å². The highest BCUT2D eigenvalue weighted by atomic mass is 19.1. The Morgan fingerprint density at radius 3 is 2.56 bits per heavy atom. The van der Waals surface area contributed by atoms with Gasteiger partial charge in [-0.25, -0.2) is 4.39 Å². The summed E-state index contributed by atoms with van der Waals surface area (Å²) in [6.45, 7) is 7.83. The quantitative estimate of drug-likeness (QED) is 0.498. The highest BCUT2D eigenvalue weighted by Gasteiger charge is 2.50. The first-order valence-corrected chi connectivity index (χ1v) is 11.0. The second kappa shape index (κ2) is 11.5. The van der Waals surface area contributed by atoms with E-state index in [1.807, 2.05) is 13.8 Å². The normalized spacial score (nSPS) is 18.6. The zero-order valence-electron chi connectivity index (χ0n) is 19.7. The number of anilines is 1. The molecule has 2 aromatic rings. The van der Waals surface area contributed by atoms with E-state index in [1.165, 1.54) is 13.1 Å². The number of fused-ring (bicyclic) bond motifs is 1. The lowest BCUT2D eigenvalue weighted by molar-refractivity contribution is -0.161. The van der Waals surface area contributed by atoms with Crippen LogP contribution in [-0.4, -0.2) is 40.9 Å². The van der Waals surface area contributed by atoms with Gasteiger partial charge >= 0.3 is 0 Å². The van der Waals surface area contributed by atoms with Crippen molar-refractivity contribution < 1.29 is 23.9 Å². The lowest BCUT2D eigenvalue weighted by Crippen LogP contribution is -2.61. The van der Waals surface area contributed by atoms with Gasteiger partial charge in [0.15, 0.2) is 6.29 Å². The van der Waals surface area contributed by atoms with Gasteiger partial charge in [0.2, 0.25) is 5.72 Å². The standard InChI is InChI=1S/C22H20FN3O4.C2H6.CH5N/c1-13-8-9-22(30,21(29)25-13)26-11-17-16(20(26)28)6-3-7-18(17)24-10-14-4-2-5-15(12-27)19(14)23;2*1-2/h2-7,12,24,30H,1,8-11H2,(H,25,29);1-2H3;2H2,1H3. The van der Waals surface area contributed by atoms with Crippen molar-refractivity contribution in [2.24, 2.45) is 5.73 Å². The third-order valence-corrected chi connectivity index (χ3v) is 5.55. The molecule has 34 heavy (non-hydrogen) atoms. The third-order valence-electron chi connectivity index (χ3n) is 5.55. The maximum absolute atomic E-state index is 14.3. The van der Waals surface area contributed by atoms with Gasteiger partial charge in [-0.15, -0.1) is 0 Å². The maximum atomic E-state index is 14.3. The van der Waals surface area contributed by atoms with Crippen molar-refractivity contribution in [3.8, 4) is 0 Å². The molecule has 0 aliphatic carbocycles. The molecule has 2 aliphatic heterocycles. The third kappa shape index (κ3) is 5.00. The minimum absolute atomic E-state index is 0.0268. The van der Waals surface area contributed by atoms with Crippen LogP contribution in [0.2, 0.25) is 0 Å².